The smallest absolute Gasteiger partial charge is 0.340 e. The number of benzene rings is 2. The number of esters is 1. The second kappa shape index (κ2) is 8.75. The number of hydrogen-bond donors (Lipinski definition) is 1. The van der Waals surface area contributed by atoms with Crippen LogP contribution in [0.25, 0.3) is 0 Å². The van der Waals surface area contributed by atoms with Crippen molar-refractivity contribution in [3.05, 3.63) is 70.3 Å². The summed E-state index contributed by atoms with van der Waals surface area (Å²) >= 11 is 0. The standard InChI is InChI=1S/C9H6FNO2.C8H4FNO2/c1-13-9(12)7-3-2-6(5-11)4-8(7)10;9-7-3-5(4-10)1-2-6(7)8(11)12/h2-4H,1H3;1-3H,(H,11,12). The van der Waals surface area contributed by atoms with Crippen LogP contribution in [0.2, 0.25) is 0 Å². The average molecular weight is 344 g/mol. The van der Waals surface area contributed by atoms with Crippen LogP contribution in [0.4, 0.5) is 8.78 Å². The summed E-state index contributed by atoms with van der Waals surface area (Å²) in [6.07, 6.45) is 0. The van der Waals surface area contributed by atoms with E-state index in [1.165, 1.54) is 25.3 Å². The molecular weight excluding hydrogens is 334 g/mol. The highest BCUT2D eigenvalue weighted by molar-refractivity contribution is 5.89. The maximum atomic E-state index is 13.0. The lowest BCUT2D eigenvalue weighted by molar-refractivity contribution is 0.0594. The number of carboxylic acids is 1. The third-order valence-electron chi connectivity index (χ3n) is 2.83. The van der Waals surface area contributed by atoms with Crippen molar-refractivity contribution in [2.75, 3.05) is 7.11 Å². The maximum absolute atomic E-state index is 13.0. The minimum atomic E-state index is -1.34. The summed E-state index contributed by atoms with van der Waals surface area (Å²) in [4.78, 5) is 21.2. The Morgan fingerprint density at radius 3 is 1.72 bits per heavy atom. The van der Waals surface area contributed by atoms with Gasteiger partial charge in [0, 0.05) is 0 Å². The number of methoxy groups -OCH3 is 1. The number of rotatable bonds is 2. The van der Waals surface area contributed by atoms with Crippen molar-refractivity contribution in [2.45, 2.75) is 0 Å². The van der Waals surface area contributed by atoms with Crippen molar-refractivity contribution >= 4 is 11.9 Å². The van der Waals surface area contributed by atoms with E-state index < -0.39 is 29.1 Å². The molecule has 2 aromatic carbocycles. The van der Waals surface area contributed by atoms with Gasteiger partial charge in [0.05, 0.1) is 41.5 Å². The molecule has 0 amide bonds. The molecule has 2 aromatic rings. The molecule has 0 saturated heterocycles. The van der Waals surface area contributed by atoms with Crippen LogP contribution in [0.5, 0.6) is 0 Å². The predicted octanol–water partition coefficient (Wildman–Crippen LogP) is 2.88. The zero-order valence-corrected chi connectivity index (χ0v) is 12.8. The first-order valence-corrected chi connectivity index (χ1v) is 6.55. The highest BCUT2D eigenvalue weighted by Gasteiger charge is 2.11. The van der Waals surface area contributed by atoms with Gasteiger partial charge in [-0.15, -0.1) is 0 Å². The lowest BCUT2D eigenvalue weighted by atomic mass is 10.1. The Balaban J connectivity index is 0.000000251. The maximum Gasteiger partial charge on any atom is 0.340 e. The first-order chi connectivity index (χ1) is 11.8. The summed E-state index contributed by atoms with van der Waals surface area (Å²) in [7, 11) is 1.17. The molecule has 2 rings (SSSR count). The van der Waals surface area contributed by atoms with E-state index in [-0.39, 0.29) is 16.7 Å². The van der Waals surface area contributed by atoms with Crippen LogP contribution in [0.15, 0.2) is 36.4 Å². The van der Waals surface area contributed by atoms with Gasteiger partial charge in [-0.3, -0.25) is 0 Å². The van der Waals surface area contributed by atoms with Crippen LogP contribution in [-0.2, 0) is 4.74 Å². The highest BCUT2D eigenvalue weighted by atomic mass is 19.1. The molecule has 0 radical (unpaired) electrons. The van der Waals surface area contributed by atoms with E-state index in [1.807, 2.05) is 0 Å². The van der Waals surface area contributed by atoms with E-state index in [1.54, 1.807) is 12.1 Å². The normalized spacial score (nSPS) is 9.00. The molecule has 0 unspecified atom stereocenters. The molecule has 0 aliphatic heterocycles. The molecule has 0 saturated carbocycles. The van der Waals surface area contributed by atoms with Crippen LogP contribution in [-0.4, -0.2) is 24.2 Å². The molecule has 8 heteroatoms. The highest BCUT2D eigenvalue weighted by Crippen LogP contribution is 2.11. The third-order valence-corrected chi connectivity index (χ3v) is 2.83. The van der Waals surface area contributed by atoms with E-state index in [0.29, 0.717) is 0 Å². The van der Waals surface area contributed by atoms with Crippen molar-refractivity contribution in [1.82, 2.24) is 0 Å². The van der Waals surface area contributed by atoms with Crippen molar-refractivity contribution in [2.24, 2.45) is 0 Å². The summed E-state index contributed by atoms with van der Waals surface area (Å²) in [5.74, 6) is -3.72. The molecule has 25 heavy (non-hydrogen) atoms. The van der Waals surface area contributed by atoms with Gasteiger partial charge in [-0.05, 0) is 36.4 Å². The Bertz CT molecular complexity index is 898. The second-order valence-electron chi connectivity index (χ2n) is 4.41. The van der Waals surface area contributed by atoms with Crippen molar-refractivity contribution < 1.29 is 28.2 Å². The minimum absolute atomic E-state index is 0.109. The average Bonchev–Trinajstić information content (AvgIpc) is 2.60. The Hall–Kier alpha value is -3.78. The number of halogens is 2. The van der Waals surface area contributed by atoms with Gasteiger partial charge in [-0.25, -0.2) is 18.4 Å². The molecule has 0 heterocycles. The van der Waals surface area contributed by atoms with Gasteiger partial charge in [0.1, 0.15) is 11.6 Å². The molecular formula is C17H10F2N2O4. The minimum Gasteiger partial charge on any atom is -0.478 e. The molecule has 0 aromatic heterocycles. The van der Waals surface area contributed by atoms with Crippen molar-refractivity contribution in [1.29, 1.82) is 10.5 Å². The fourth-order valence-corrected chi connectivity index (χ4v) is 1.62. The van der Waals surface area contributed by atoms with E-state index in [9.17, 15) is 18.4 Å². The quantitative estimate of drug-likeness (QED) is 0.839. The summed E-state index contributed by atoms with van der Waals surface area (Å²) in [5, 5.41) is 25.1. The fraction of sp³-hybridized carbons (Fsp3) is 0.0588. The molecule has 0 spiro atoms. The number of aromatic carboxylic acids is 1. The molecule has 0 aliphatic carbocycles. The predicted molar refractivity (Wildman–Crippen MR) is 80.5 cm³/mol. The Kier molecular flexibility index (Phi) is 6.74. The number of carbonyl (C=O) groups excluding carboxylic acids is 1. The molecule has 126 valence electrons. The lowest BCUT2D eigenvalue weighted by Gasteiger charge is -1.99. The summed E-state index contributed by atoms with van der Waals surface area (Å²) in [6, 6.07) is 10.2. The molecule has 0 fully saturated rings. The van der Waals surface area contributed by atoms with Crippen LogP contribution >= 0.6 is 0 Å². The lowest BCUT2D eigenvalue weighted by Crippen LogP contribution is -2.04. The SMILES string of the molecule is COC(=O)c1ccc(C#N)cc1F.N#Cc1ccc(C(=O)O)c(F)c1. The van der Waals surface area contributed by atoms with Gasteiger partial charge in [-0.2, -0.15) is 10.5 Å². The van der Waals surface area contributed by atoms with Gasteiger partial charge in [-0.1, -0.05) is 0 Å². The summed E-state index contributed by atoms with van der Waals surface area (Å²) in [6.45, 7) is 0. The molecule has 6 nitrogen and oxygen atoms in total. The van der Waals surface area contributed by atoms with E-state index in [4.69, 9.17) is 15.6 Å². The van der Waals surface area contributed by atoms with E-state index in [2.05, 4.69) is 4.74 Å². The molecule has 0 aliphatic rings. The van der Waals surface area contributed by atoms with Crippen LogP contribution < -0.4 is 0 Å². The number of hydrogen-bond acceptors (Lipinski definition) is 5. The summed E-state index contributed by atoms with van der Waals surface area (Å²) in [5.41, 5.74) is -0.307. The van der Waals surface area contributed by atoms with E-state index in [0.717, 1.165) is 18.2 Å². The third kappa shape index (κ3) is 5.12. The van der Waals surface area contributed by atoms with Crippen LogP contribution in [0.3, 0.4) is 0 Å². The van der Waals surface area contributed by atoms with Crippen LogP contribution in [0, 0.1) is 34.3 Å². The molecule has 0 atom stereocenters. The Labute approximate surface area is 141 Å². The van der Waals surface area contributed by atoms with Gasteiger partial charge in [0.25, 0.3) is 0 Å². The van der Waals surface area contributed by atoms with Gasteiger partial charge >= 0.3 is 11.9 Å². The first kappa shape index (κ1) is 19.3. The fourth-order valence-electron chi connectivity index (χ4n) is 1.62. The number of nitriles is 2. The molecule has 1 N–H and O–H groups in total. The van der Waals surface area contributed by atoms with Crippen LogP contribution in [0.1, 0.15) is 31.8 Å². The topological polar surface area (TPSA) is 111 Å². The Morgan fingerprint density at radius 2 is 1.40 bits per heavy atom. The number of carbonyl (C=O) groups is 2. The Morgan fingerprint density at radius 1 is 0.960 bits per heavy atom. The zero-order chi connectivity index (χ0) is 19.0. The van der Waals surface area contributed by atoms with Gasteiger partial charge in [0.15, 0.2) is 0 Å². The van der Waals surface area contributed by atoms with Gasteiger partial charge < -0.3 is 9.84 Å². The van der Waals surface area contributed by atoms with Crippen molar-refractivity contribution in [3.63, 3.8) is 0 Å². The largest absolute Gasteiger partial charge is 0.478 e. The number of nitrogens with zero attached hydrogens (tertiary/aromatic N) is 2. The van der Waals surface area contributed by atoms with Crippen molar-refractivity contribution in [3.8, 4) is 12.1 Å². The van der Waals surface area contributed by atoms with Gasteiger partial charge in [0.2, 0.25) is 0 Å². The first-order valence-electron chi connectivity index (χ1n) is 6.55. The zero-order valence-electron chi connectivity index (χ0n) is 12.8. The summed E-state index contributed by atoms with van der Waals surface area (Å²) < 4.78 is 30.1. The number of ether oxygens (including phenoxy) is 1. The monoisotopic (exact) mass is 344 g/mol. The number of carboxylic acid groups (broad SMARTS) is 1. The van der Waals surface area contributed by atoms with E-state index >= 15 is 0 Å². The second-order valence-corrected chi connectivity index (χ2v) is 4.41. The molecule has 0 bridgehead atoms.